The summed E-state index contributed by atoms with van der Waals surface area (Å²) in [6.07, 6.45) is 2.32. The van der Waals surface area contributed by atoms with Gasteiger partial charge in [-0.2, -0.15) is 0 Å². The molecule has 0 heterocycles. The molecule has 0 saturated carbocycles. The summed E-state index contributed by atoms with van der Waals surface area (Å²) >= 11 is 0. The van der Waals surface area contributed by atoms with Gasteiger partial charge in [-0.15, -0.1) is 0 Å². The molecule has 1 aromatic carbocycles. The van der Waals surface area contributed by atoms with Crippen LogP contribution in [-0.4, -0.2) is 42.6 Å². The van der Waals surface area contributed by atoms with E-state index < -0.39 is 6.10 Å². The number of ether oxygens (including phenoxy) is 1. The lowest BCUT2D eigenvalue weighted by Crippen LogP contribution is -2.34. The molecular formula is C17H29NO3. The van der Waals surface area contributed by atoms with Crippen LogP contribution in [0.5, 0.6) is 5.75 Å². The molecule has 3 N–H and O–H groups in total. The fourth-order valence-corrected chi connectivity index (χ4v) is 2.16. The van der Waals surface area contributed by atoms with Crippen molar-refractivity contribution < 1.29 is 14.9 Å². The van der Waals surface area contributed by atoms with Crippen LogP contribution in [0.15, 0.2) is 24.3 Å². The Kier molecular flexibility index (Phi) is 9.06. The van der Waals surface area contributed by atoms with Crippen molar-refractivity contribution in [2.45, 2.75) is 39.2 Å². The van der Waals surface area contributed by atoms with Crippen molar-refractivity contribution in [2.24, 2.45) is 5.92 Å². The molecule has 0 aliphatic carbocycles. The first-order valence-electron chi connectivity index (χ1n) is 7.90. The predicted octanol–water partition coefficient (Wildman–Crippen LogP) is 1.99. The molecule has 120 valence electrons. The Morgan fingerprint density at radius 2 is 1.86 bits per heavy atom. The monoisotopic (exact) mass is 295 g/mol. The van der Waals surface area contributed by atoms with Gasteiger partial charge in [0.2, 0.25) is 0 Å². The van der Waals surface area contributed by atoms with Crippen LogP contribution in [-0.2, 0) is 6.42 Å². The highest BCUT2D eigenvalue weighted by Gasteiger charge is 2.08. The van der Waals surface area contributed by atoms with Crippen molar-refractivity contribution in [1.29, 1.82) is 0 Å². The maximum absolute atomic E-state index is 9.89. The lowest BCUT2D eigenvalue weighted by atomic mass is 10.0. The summed E-state index contributed by atoms with van der Waals surface area (Å²) in [7, 11) is 0. The normalized spacial score (nSPS) is 13.9. The molecule has 0 spiro atoms. The molecule has 2 atom stereocenters. The lowest BCUT2D eigenvalue weighted by molar-refractivity contribution is 0.105. The SMILES string of the molecule is CCc1ccc(OCC(O)CNCC(CC)CCO)cc1. The van der Waals surface area contributed by atoms with E-state index in [0.717, 1.165) is 31.6 Å². The largest absolute Gasteiger partial charge is 0.491 e. The molecule has 1 rings (SSSR count). The van der Waals surface area contributed by atoms with Crippen LogP contribution < -0.4 is 10.1 Å². The molecule has 0 radical (unpaired) electrons. The number of aliphatic hydroxyl groups is 2. The summed E-state index contributed by atoms with van der Waals surface area (Å²) in [4.78, 5) is 0. The summed E-state index contributed by atoms with van der Waals surface area (Å²) in [5, 5.41) is 22.1. The quantitative estimate of drug-likeness (QED) is 0.584. The Balaban J connectivity index is 2.19. The van der Waals surface area contributed by atoms with Crippen molar-refractivity contribution in [3.63, 3.8) is 0 Å². The molecule has 2 unspecified atom stereocenters. The van der Waals surface area contributed by atoms with E-state index in [1.54, 1.807) is 0 Å². The van der Waals surface area contributed by atoms with Crippen molar-refractivity contribution in [1.82, 2.24) is 5.32 Å². The van der Waals surface area contributed by atoms with Crippen LogP contribution >= 0.6 is 0 Å². The summed E-state index contributed by atoms with van der Waals surface area (Å²) < 4.78 is 5.57. The summed E-state index contributed by atoms with van der Waals surface area (Å²) in [6.45, 7) is 6.07. The molecule has 0 aliphatic rings. The lowest BCUT2D eigenvalue weighted by Gasteiger charge is -2.17. The molecule has 0 bridgehead atoms. The van der Waals surface area contributed by atoms with Gasteiger partial charge in [0.05, 0.1) is 0 Å². The number of hydrogen-bond donors (Lipinski definition) is 3. The van der Waals surface area contributed by atoms with Crippen molar-refractivity contribution in [3.05, 3.63) is 29.8 Å². The molecule has 0 fully saturated rings. The first-order valence-corrected chi connectivity index (χ1v) is 7.90. The number of aliphatic hydroxyl groups excluding tert-OH is 2. The number of benzene rings is 1. The van der Waals surface area contributed by atoms with E-state index in [1.807, 2.05) is 24.3 Å². The molecule has 4 heteroatoms. The second-order valence-electron chi connectivity index (χ2n) is 5.41. The van der Waals surface area contributed by atoms with Crippen LogP contribution in [0, 0.1) is 5.92 Å². The van der Waals surface area contributed by atoms with Gasteiger partial charge in [-0.1, -0.05) is 32.4 Å². The van der Waals surface area contributed by atoms with E-state index >= 15 is 0 Å². The number of nitrogens with one attached hydrogen (secondary N) is 1. The van der Waals surface area contributed by atoms with Gasteiger partial charge >= 0.3 is 0 Å². The molecular weight excluding hydrogens is 266 g/mol. The zero-order valence-corrected chi connectivity index (χ0v) is 13.2. The Morgan fingerprint density at radius 3 is 2.43 bits per heavy atom. The second kappa shape index (κ2) is 10.6. The smallest absolute Gasteiger partial charge is 0.119 e. The first-order chi connectivity index (χ1) is 10.2. The second-order valence-corrected chi connectivity index (χ2v) is 5.41. The molecule has 21 heavy (non-hydrogen) atoms. The molecule has 0 aliphatic heterocycles. The molecule has 0 aromatic heterocycles. The minimum atomic E-state index is -0.525. The highest BCUT2D eigenvalue weighted by molar-refractivity contribution is 5.27. The third-order valence-corrected chi connectivity index (χ3v) is 3.70. The highest BCUT2D eigenvalue weighted by atomic mass is 16.5. The predicted molar refractivity (Wildman–Crippen MR) is 85.7 cm³/mol. The number of rotatable bonds is 11. The van der Waals surface area contributed by atoms with Gasteiger partial charge in [0.25, 0.3) is 0 Å². The fraction of sp³-hybridized carbons (Fsp3) is 0.647. The van der Waals surface area contributed by atoms with Crippen LogP contribution in [0.3, 0.4) is 0 Å². The molecule has 1 aromatic rings. The van der Waals surface area contributed by atoms with E-state index in [1.165, 1.54) is 5.56 Å². The summed E-state index contributed by atoms with van der Waals surface area (Å²) in [5.74, 6) is 1.25. The van der Waals surface area contributed by atoms with Crippen molar-refractivity contribution in [2.75, 3.05) is 26.3 Å². The van der Waals surface area contributed by atoms with Crippen molar-refractivity contribution >= 4 is 0 Å². The summed E-state index contributed by atoms with van der Waals surface area (Å²) in [5.41, 5.74) is 1.28. The Morgan fingerprint density at radius 1 is 1.14 bits per heavy atom. The number of aryl methyl sites for hydroxylation is 1. The van der Waals surface area contributed by atoms with E-state index in [2.05, 4.69) is 19.2 Å². The minimum Gasteiger partial charge on any atom is -0.491 e. The van der Waals surface area contributed by atoms with Crippen LogP contribution in [0.25, 0.3) is 0 Å². The average Bonchev–Trinajstić information content (AvgIpc) is 2.52. The van der Waals surface area contributed by atoms with Gasteiger partial charge in [0.1, 0.15) is 18.5 Å². The van der Waals surface area contributed by atoms with Crippen LogP contribution in [0.1, 0.15) is 32.3 Å². The minimum absolute atomic E-state index is 0.222. The fourth-order valence-electron chi connectivity index (χ4n) is 2.16. The van der Waals surface area contributed by atoms with Crippen LogP contribution in [0.4, 0.5) is 0 Å². The van der Waals surface area contributed by atoms with E-state index in [9.17, 15) is 5.11 Å². The van der Waals surface area contributed by atoms with Gasteiger partial charge in [0.15, 0.2) is 0 Å². The maximum Gasteiger partial charge on any atom is 0.119 e. The Hall–Kier alpha value is -1.10. The third kappa shape index (κ3) is 7.46. The van der Waals surface area contributed by atoms with Gasteiger partial charge in [-0.25, -0.2) is 0 Å². The average molecular weight is 295 g/mol. The van der Waals surface area contributed by atoms with Crippen LogP contribution in [0.2, 0.25) is 0 Å². The zero-order chi connectivity index (χ0) is 15.5. The standard InChI is InChI=1S/C17H29NO3/c1-3-14-5-7-17(8-6-14)21-13-16(20)12-18-11-15(4-2)9-10-19/h5-8,15-16,18-20H,3-4,9-13H2,1-2H3. The number of hydrogen-bond acceptors (Lipinski definition) is 4. The van der Waals surface area contributed by atoms with Gasteiger partial charge in [-0.3, -0.25) is 0 Å². The van der Waals surface area contributed by atoms with Crippen molar-refractivity contribution in [3.8, 4) is 5.75 Å². The zero-order valence-electron chi connectivity index (χ0n) is 13.2. The first kappa shape index (κ1) is 18.0. The molecule has 0 saturated heterocycles. The summed E-state index contributed by atoms with van der Waals surface area (Å²) in [6, 6.07) is 7.96. The van der Waals surface area contributed by atoms with E-state index in [-0.39, 0.29) is 13.2 Å². The van der Waals surface area contributed by atoms with Gasteiger partial charge in [-0.05, 0) is 43.0 Å². The third-order valence-electron chi connectivity index (χ3n) is 3.70. The van der Waals surface area contributed by atoms with Gasteiger partial charge in [0, 0.05) is 13.2 Å². The van der Waals surface area contributed by atoms with Gasteiger partial charge < -0.3 is 20.3 Å². The van der Waals surface area contributed by atoms with E-state index in [4.69, 9.17) is 9.84 Å². The highest BCUT2D eigenvalue weighted by Crippen LogP contribution is 2.12. The molecule has 4 nitrogen and oxygen atoms in total. The van der Waals surface area contributed by atoms with E-state index in [0.29, 0.717) is 12.5 Å². The Labute approximate surface area is 128 Å². The Bertz CT molecular complexity index is 367. The topological polar surface area (TPSA) is 61.7 Å². The molecule has 0 amide bonds. The maximum atomic E-state index is 9.89.